The maximum atomic E-state index is 12.6. The van der Waals surface area contributed by atoms with Crippen LogP contribution >= 0.6 is 0 Å². The van der Waals surface area contributed by atoms with Crippen molar-refractivity contribution in [3.05, 3.63) is 58.7 Å². The van der Waals surface area contributed by atoms with E-state index in [1.165, 1.54) is 7.11 Å². The number of hydrogen-bond acceptors (Lipinski definition) is 6. The monoisotopic (exact) mass is 382 g/mol. The number of nitriles is 1. The number of rotatable bonds is 9. The molecule has 2 N–H and O–H groups in total. The van der Waals surface area contributed by atoms with Gasteiger partial charge >= 0.3 is 5.97 Å². The second-order valence-electron chi connectivity index (χ2n) is 6.45. The first-order valence-corrected chi connectivity index (χ1v) is 9.25. The predicted molar refractivity (Wildman–Crippen MR) is 107 cm³/mol. The molecule has 1 atom stereocenters. The Kier molecular flexibility index (Phi) is 7.85. The number of aliphatic hydroxyl groups is 1. The van der Waals surface area contributed by atoms with Gasteiger partial charge < -0.3 is 19.9 Å². The molecule has 0 bridgehead atoms. The molecule has 0 saturated carbocycles. The maximum Gasteiger partial charge on any atom is 0.333 e. The molecule has 0 saturated heterocycles. The van der Waals surface area contributed by atoms with Crippen LogP contribution in [0.5, 0.6) is 5.75 Å². The van der Waals surface area contributed by atoms with Crippen LogP contribution in [0.2, 0.25) is 0 Å². The van der Waals surface area contributed by atoms with Gasteiger partial charge in [0.2, 0.25) is 0 Å². The summed E-state index contributed by atoms with van der Waals surface area (Å²) in [4.78, 5) is 12.6. The lowest BCUT2D eigenvalue weighted by Gasteiger charge is -2.23. The maximum absolute atomic E-state index is 12.6. The molecule has 148 valence electrons. The van der Waals surface area contributed by atoms with Crippen LogP contribution in [0, 0.1) is 18.3 Å². The zero-order chi connectivity index (χ0) is 20.5. The number of benzene rings is 2. The van der Waals surface area contributed by atoms with Crippen molar-refractivity contribution in [3.63, 3.8) is 0 Å². The number of hydrogen-bond donors (Lipinski definition) is 2. The molecule has 0 aliphatic rings. The van der Waals surface area contributed by atoms with Crippen molar-refractivity contribution in [1.29, 1.82) is 5.26 Å². The largest absolute Gasteiger partial charge is 0.491 e. The second-order valence-corrected chi connectivity index (χ2v) is 6.45. The van der Waals surface area contributed by atoms with Crippen LogP contribution in [0.15, 0.2) is 36.4 Å². The summed E-state index contributed by atoms with van der Waals surface area (Å²) in [5.74, 6) is 0.143. The lowest BCUT2D eigenvalue weighted by Crippen LogP contribution is -2.24. The number of methoxy groups -OCH3 is 1. The van der Waals surface area contributed by atoms with Gasteiger partial charge in [-0.05, 0) is 49.2 Å². The molecule has 2 rings (SSSR count). The first-order chi connectivity index (χ1) is 13.5. The fourth-order valence-electron chi connectivity index (χ4n) is 3.06. The number of ether oxygens (including phenoxy) is 2. The zero-order valence-corrected chi connectivity index (χ0v) is 16.5. The topological polar surface area (TPSA) is 91.6 Å². The van der Waals surface area contributed by atoms with E-state index in [0.29, 0.717) is 22.6 Å². The molecule has 6 heteroatoms. The molecular weight excluding hydrogens is 356 g/mol. The van der Waals surface area contributed by atoms with Crippen molar-refractivity contribution in [1.82, 2.24) is 0 Å². The Labute approximate surface area is 165 Å². The van der Waals surface area contributed by atoms with Crippen LogP contribution in [0.1, 0.15) is 41.6 Å². The third-order valence-corrected chi connectivity index (χ3v) is 4.27. The van der Waals surface area contributed by atoms with Crippen LogP contribution in [-0.2, 0) is 16.0 Å². The van der Waals surface area contributed by atoms with Gasteiger partial charge in [0.1, 0.15) is 12.4 Å². The van der Waals surface area contributed by atoms with Crippen LogP contribution in [0.25, 0.3) is 0 Å². The van der Waals surface area contributed by atoms with Crippen molar-refractivity contribution in [3.8, 4) is 11.8 Å². The highest BCUT2D eigenvalue weighted by Crippen LogP contribution is 2.34. The van der Waals surface area contributed by atoms with Crippen molar-refractivity contribution in [2.45, 2.75) is 32.7 Å². The Morgan fingerprint density at radius 2 is 2.00 bits per heavy atom. The Bertz CT molecular complexity index is 841. The minimum Gasteiger partial charge on any atom is -0.491 e. The molecule has 1 unspecified atom stereocenters. The lowest BCUT2D eigenvalue weighted by molar-refractivity contribution is -0.141. The molecule has 6 nitrogen and oxygen atoms in total. The predicted octanol–water partition coefficient (Wildman–Crippen LogP) is 3.52. The summed E-state index contributed by atoms with van der Waals surface area (Å²) in [5.41, 5.74) is 3.87. The summed E-state index contributed by atoms with van der Waals surface area (Å²) in [6, 6.07) is 12.1. The van der Waals surface area contributed by atoms with E-state index in [1.54, 1.807) is 24.3 Å². The van der Waals surface area contributed by atoms with Crippen molar-refractivity contribution in [2.24, 2.45) is 0 Å². The van der Waals surface area contributed by atoms with E-state index >= 15 is 0 Å². The average Bonchev–Trinajstić information content (AvgIpc) is 2.71. The van der Waals surface area contributed by atoms with Gasteiger partial charge in [0.25, 0.3) is 0 Å². The molecule has 2 aromatic rings. The van der Waals surface area contributed by atoms with E-state index in [2.05, 4.69) is 18.3 Å². The summed E-state index contributed by atoms with van der Waals surface area (Å²) in [7, 11) is 1.34. The summed E-state index contributed by atoms with van der Waals surface area (Å²) < 4.78 is 10.9. The third kappa shape index (κ3) is 5.24. The quantitative estimate of drug-likeness (QED) is 0.645. The molecule has 0 radical (unpaired) electrons. The number of carbonyl (C=O) groups excluding carboxylic acids is 1. The number of anilines is 1. The Balaban J connectivity index is 2.51. The highest BCUT2D eigenvalue weighted by atomic mass is 16.5. The summed E-state index contributed by atoms with van der Waals surface area (Å²) >= 11 is 0. The van der Waals surface area contributed by atoms with Crippen LogP contribution < -0.4 is 10.1 Å². The highest BCUT2D eigenvalue weighted by molar-refractivity contribution is 5.82. The highest BCUT2D eigenvalue weighted by Gasteiger charge is 2.27. The summed E-state index contributed by atoms with van der Waals surface area (Å²) in [5, 5.41) is 21.4. The number of aliphatic hydroxyl groups excluding tert-OH is 1. The fourth-order valence-corrected chi connectivity index (χ4v) is 3.06. The average molecular weight is 382 g/mol. The molecule has 2 aromatic carbocycles. The Morgan fingerprint density at radius 1 is 1.29 bits per heavy atom. The van der Waals surface area contributed by atoms with Crippen molar-refractivity contribution < 1.29 is 19.4 Å². The fraction of sp³-hybridized carbons (Fsp3) is 0.364. The SMILES string of the molecule is CCCc1cc(C)cc(C(Nc2ccc(C#N)cc2)C(=O)OC)c1OCCO. The number of nitrogens with one attached hydrogen (secondary N) is 1. The molecule has 0 amide bonds. The van der Waals surface area contributed by atoms with Crippen molar-refractivity contribution in [2.75, 3.05) is 25.6 Å². The van der Waals surface area contributed by atoms with Crippen LogP contribution in [0.4, 0.5) is 5.69 Å². The first kappa shape index (κ1) is 21.3. The molecule has 0 spiro atoms. The minimum atomic E-state index is -0.790. The number of carbonyl (C=O) groups is 1. The Hall–Kier alpha value is -3.04. The summed E-state index contributed by atoms with van der Waals surface area (Å²) in [6.07, 6.45) is 1.71. The molecule has 0 aliphatic carbocycles. The number of nitrogens with zero attached hydrogens (tertiary/aromatic N) is 1. The molecule has 0 aliphatic heterocycles. The number of esters is 1. The lowest BCUT2D eigenvalue weighted by atomic mass is 9.96. The van der Waals surface area contributed by atoms with Gasteiger partial charge in [0, 0.05) is 11.3 Å². The van der Waals surface area contributed by atoms with E-state index < -0.39 is 12.0 Å². The smallest absolute Gasteiger partial charge is 0.333 e. The minimum absolute atomic E-state index is 0.120. The van der Waals surface area contributed by atoms with E-state index in [1.807, 2.05) is 19.1 Å². The molecule has 0 fully saturated rings. The van der Waals surface area contributed by atoms with Gasteiger partial charge in [-0.2, -0.15) is 5.26 Å². The van der Waals surface area contributed by atoms with Gasteiger partial charge in [0.05, 0.1) is 25.3 Å². The molecular formula is C22H26N2O4. The van der Waals surface area contributed by atoms with Crippen molar-refractivity contribution >= 4 is 11.7 Å². The van der Waals surface area contributed by atoms with Gasteiger partial charge in [0.15, 0.2) is 6.04 Å². The third-order valence-electron chi connectivity index (χ3n) is 4.27. The first-order valence-electron chi connectivity index (χ1n) is 9.25. The van der Waals surface area contributed by atoms with Gasteiger partial charge in [-0.25, -0.2) is 4.79 Å². The van der Waals surface area contributed by atoms with Gasteiger partial charge in [-0.3, -0.25) is 0 Å². The standard InChI is InChI=1S/C22H26N2O4/c1-4-5-17-12-15(2)13-19(21(17)28-11-10-25)20(22(26)27-3)24-18-8-6-16(14-23)7-9-18/h6-9,12-13,20,24-25H,4-5,10-11H2,1-3H3. The normalized spacial score (nSPS) is 11.4. The second kappa shape index (κ2) is 10.3. The summed E-state index contributed by atoms with van der Waals surface area (Å²) in [6.45, 7) is 4.06. The zero-order valence-electron chi connectivity index (χ0n) is 16.5. The van der Waals surface area contributed by atoms with E-state index in [-0.39, 0.29) is 13.2 Å². The van der Waals surface area contributed by atoms with Crippen LogP contribution in [0.3, 0.4) is 0 Å². The Morgan fingerprint density at radius 3 is 2.57 bits per heavy atom. The molecule has 0 heterocycles. The van der Waals surface area contributed by atoms with E-state index in [4.69, 9.17) is 14.7 Å². The van der Waals surface area contributed by atoms with E-state index in [9.17, 15) is 9.90 Å². The van der Waals surface area contributed by atoms with E-state index in [0.717, 1.165) is 24.0 Å². The van der Waals surface area contributed by atoms with Gasteiger partial charge in [-0.15, -0.1) is 0 Å². The van der Waals surface area contributed by atoms with Gasteiger partial charge in [-0.1, -0.05) is 25.0 Å². The molecule has 0 aromatic heterocycles. The van der Waals surface area contributed by atoms with Crippen LogP contribution in [-0.4, -0.2) is 31.4 Å². The number of aryl methyl sites for hydroxylation is 2. The molecule has 28 heavy (non-hydrogen) atoms.